The summed E-state index contributed by atoms with van der Waals surface area (Å²) in [5.74, 6) is 1.71. The molecule has 2 N–H and O–H groups in total. The highest BCUT2D eigenvalue weighted by Crippen LogP contribution is 2.35. The summed E-state index contributed by atoms with van der Waals surface area (Å²) in [6.45, 7) is 2.53. The van der Waals surface area contributed by atoms with Crippen LogP contribution in [0.2, 0.25) is 0 Å². The Morgan fingerprint density at radius 3 is 2.62 bits per heavy atom. The Bertz CT molecular complexity index is 1620. The van der Waals surface area contributed by atoms with Crippen molar-refractivity contribution in [2.24, 2.45) is 0 Å². The summed E-state index contributed by atoms with van der Waals surface area (Å²) in [6, 6.07) is 14.3. The molecule has 12 heteroatoms. The first-order chi connectivity index (χ1) is 20.4. The van der Waals surface area contributed by atoms with E-state index in [2.05, 4.69) is 10.6 Å². The number of hydrogen-bond donors (Lipinski definition) is 2. The van der Waals surface area contributed by atoms with Gasteiger partial charge in [0.05, 0.1) is 17.9 Å². The van der Waals surface area contributed by atoms with Crippen LogP contribution in [0, 0.1) is 0 Å². The molecule has 1 aliphatic rings. The smallest absolute Gasteiger partial charge is 0.272 e. The van der Waals surface area contributed by atoms with E-state index in [1.165, 1.54) is 23.1 Å². The van der Waals surface area contributed by atoms with Crippen molar-refractivity contribution in [2.75, 3.05) is 24.5 Å². The van der Waals surface area contributed by atoms with E-state index in [0.717, 1.165) is 17.9 Å². The second-order valence-electron chi connectivity index (χ2n) is 9.65. The SMILES string of the molecule is CC[C@H](Sc1nc2ccsc2c(=O)n1CCCCCC(=O)Nc1ccc(OC)cc1)C(=O)Nc1ccc2c(c1)OCO2. The van der Waals surface area contributed by atoms with Gasteiger partial charge in [0, 0.05) is 30.4 Å². The quantitative estimate of drug-likeness (QED) is 0.109. The van der Waals surface area contributed by atoms with E-state index in [-0.39, 0.29) is 24.2 Å². The first kappa shape index (κ1) is 29.5. The fourth-order valence-corrected chi connectivity index (χ4v) is 6.31. The summed E-state index contributed by atoms with van der Waals surface area (Å²) in [7, 11) is 1.60. The van der Waals surface area contributed by atoms with Crippen molar-refractivity contribution in [3.8, 4) is 17.2 Å². The lowest BCUT2D eigenvalue weighted by atomic mass is 10.2. The second kappa shape index (κ2) is 13.8. The van der Waals surface area contributed by atoms with Gasteiger partial charge >= 0.3 is 0 Å². The molecule has 2 aromatic carbocycles. The van der Waals surface area contributed by atoms with Crippen LogP contribution in [0.25, 0.3) is 10.2 Å². The Morgan fingerprint density at radius 2 is 1.83 bits per heavy atom. The third kappa shape index (κ3) is 7.05. The number of rotatable bonds is 13. The Labute approximate surface area is 251 Å². The van der Waals surface area contributed by atoms with Gasteiger partial charge in [-0.3, -0.25) is 19.0 Å². The number of anilines is 2. The van der Waals surface area contributed by atoms with E-state index in [9.17, 15) is 14.4 Å². The lowest BCUT2D eigenvalue weighted by molar-refractivity contribution is -0.116. The highest BCUT2D eigenvalue weighted by Gasteiger charge is 2.23. The van der Waals surface area contributed by atoms with Gasteiger partial charge in [-0.15, -0.1) is 11.3 Å². The molecule has 0 radical (unpaired) electrons. The number of nitrogens with one attached hydrogen (secondary N) is 2. The number of unbranched alkanes of at least 4 members (excludes halogenated alkanes) is 2. The van der Waals surface area contributed by atoms with Crippen LogP contribution in [0.5, 0.6) is 17.2 Å². The first-order valence-electron chi connectivity index (χ1n) is 13.7. The number of nitrogens with zero attached hydrogens (tertiary/aromatic N) is 2. The molecule has 0 saturated heterocycles. The minimum atomic E-state index is -0.466. The van der Waals surface area contributed by atoms with Crippen molar-refractivity contribution in [3.63, 3.8) is 0 Å². The minimum absolute atomic E-state index is 0.0606. The van der Waals surface area contributed by atoms with Gasteiger partial charge in [0.2, 0.25) is 18.6 Å². The number of carbonyl (C=O) groups excluding carboxylic acids is 2. The maximum absolute atomic E-state index is 13.4. The Kier molecular flexibility index (Phi) is 9.65. The number of thiophene rings is 1. The van der Waals surface area contributed by atoms with E-state index in [4.69, 9.17) is 19.2 Å². The number of hydrogen-bond acceptors (Lipinski definition) is 9. The fraction of sp³-hybridized carbons (Fsp3) is 0.333. The van der Waals surface area contributed by atoms with Gasteiger partial charge in [-0.05, 0) is 67.1 Å². The molecule has 0 fully saturated rings. The lowest BCUT2D eigenvalue weighted by Crippen LogP contribution is -2.28. The molecule has 0 aliphatic carbocycles. The standard InChI is InChI=1S/C30H32N4O6S2/c1-3-25(28(36)32-20-10-13-23-24(17-20)40-18-39-23)42-30-33-22-14-16-41-27(22)29(37)34(30)15-6-4-5-7-26(35)31-19-8-11-21(38-2)12-9-19/h8-14,16-17,25H,3-7,15,18H2,1-2H3,(H,31,35)(H,32,36)/t25-/m0/s1. The van der Waals surface area contributed by atoms with E-state index in [1.54, 1.807) is 54.1 Å². The number of fused-ring (bicyclic) bond motifs is 2. The number of benzene rings is 2. The highest BCUT2D eigenvalue weighted by atomic mass is 32.2. The van der Waals surface area contributed by atoms with Gasteiger partial charge in [-0.2, -0.15) is 0 Å². The van der Waals surface area contributed by atoms with Crippen LogP contribution in [-0.2, 0) is 16.1 Å². The molecule has 3 heterocycles. The molecule has 0 unspecified atom stereocenters. The molecule has 4 aromatic rings. The minimum Gasteiger partial charge on any atom is -0.497 e. The van der Waals surface area contributed by atoms with Gasteiger partial charge in [-0.25, -0.2) is 4.98 Å². The zero-order chi connectivity index (χ0) is 29.5. The maximum atomic E-state index is 13.4. The van der Waals surface area contributed by atoms with Gasteiger partial charge in [0.1, 0.15) is 10.4 Å². The van der Waals surface area contributed by atoms with Crippen LogP contribution in [0.3, 0.4) is 0 Å². The monoisotopic (exact) mass is 608 g/mol. The Hall–Kier alpha value is -4.03. The van der Waals surface area contributed by atoms with Crippen molar-refractivity contribution >= 4 is 56.5 Å². The van der Waals surface area contributed by atoms with Crippen LogP contribution in [0.1, 0.15) is 39.0 Å². The molecule has 0 bridgehead atoms. The molecule has 2 aromatic heterocycles. The molecule has 5 rings (SSSR count). The fourth-order valence-electron chi connectivity index (χ4n) is 4.49. The van der Waals surface area contributed by atoms with Crippen molar-refractivity contribution in [2.45, 2.75) is 56.0 Å². The van der Waals surface area contributed by atoms with Gasteiger partial charge in [0.25, 0.3) is 5.56 Å². The second-order valence-corrected chi connectivity index (χ2v) is 11.7. The van der Waals surface area contributed by atoms with Crippen LogP contribution in [-0.4, -0.2) is 40.5 Å². The first-order valence-corrected chi connectivity index (χ1v) is 15.5. The summed E-state index contributed by atoms with van der Waals surface area (Å²) >= 11 is 2.65. The predicted octanol–water partition coefficient (Wildman–Crippen LogP) is 5.90. The highest BCUT2D eigenvalue weighted by molar-refractivity contribution is 8.00. The average molecular weight is 609 g/mol. The van der Waals surface area contributed by atoms with E-state index < -0.39 is 5.25 Å². The summed E-state index contributed by atoms with van der Waals surface area (Å²) in [6.07, 6.45) is 3.06. The summed E-state index contributed by atoms with van der Waals surface area (Å²) in [5.41, 5.74) is 1.85. The lowest BCUT2D eigenvalue weighted by Gasteiger charge is -2.17. The number of thioether (sulfide) groups is 1. The Balaban J connectivity index is 1.20. The number of amides is 2. The van der Waals surface area contributed by atoms with Crippen LogP contribution in [0.4, 0.5) is 11.4 Å². The van der Waals surface area contributed by atoms with E-state index in [1.807, 2.05) is 18.4 Å². The molecule has 1 aliphatic heterocycles. The molecular weight excluding hydrogens is 576 g/mol. The number of methoxy groups -OCH3 is 1. The predicted molar refractivity (Wildman–Crippen MR) is 165 cm³/mol. The molecule has 0 saturated carbocycles. The Morgan fingerprint density at radius 1 is 1.05 bits per heavy atom. The molecule has 220 valence electrons. The number of carbonyl (C=O) groups is 2. The van der Waals surface area contributed by atoms with Crippen LogP contribution >= 0.6 is 23.1 Å². The summed E-state index contributed by atoms with van der Waals surface area (Å²) < 4.78 is 18.2. The molecule has 42 heavy (non-hydrogen) atoms. The van der Waals surface area contributed by atoms with Crippen LogP contribution in [0.15, 0.2) is 63.9 Å². The van der Waals surface area contributed by atoms with Gasteiger partial charge in [-0.1, -0.05) is 25.1 Å². The number of aromatic nitrogens is 2. The van der Waals surface area contributed by atoms with Gasteiger partial charge < -0.3 is 24.8 Å². The van der Waals surface area contributed by atoms with Gasteiger partial charge in [0.15, 0.2) is 16.7 Å². The third-order valence-electron chi connectivity index (χ3n) is 6.74. The molecule has 10 nitrogen and oxygen atoms in total. The van der Waals surface area contributed by atoms with E-state index >= 15 is 0 Å². The molecule has 0 spiro atoms. The van der Waals surface area contributed by atoms with Crippen LogP contribution < -0.4 is 30.4 Å². The summed E-state index contributed by atoms with van der Waals surface area (Å²) in [4.78, 5) is 43.7. The average Bonchev–Trinajstić information content (AvgIpc) is 3.67. The molecule has 1 atom stereocenters. The third-order valence-corrected chi connectivity index (χ3v) is 8.99. The largest absolute Gasteiger partial charge is 0.497 e. The maximum Gasteiger partial charge on any atom is 0.272 e. The topological polar surface area (TPSA) is 121 Å². The normalized spacial score (nSPS) is 12.7. The molecular formula is C30H32N4O6S2. The van der Waals surface area contributed by atoms with Crippen molar-refractivity contribution in [1.82, 2.24) is 9.55 Å². The van der Waals surface area contributed by atoms with Crippen molar-refractivity contribution in [3.05, 3.63) is 64.3 Å². The zero-order valence-corrected chi connectivity index (χ0v) is 25.0. The van der Waals surface area contributed by atoms with Crippen molar-refractivity contribution in [1.29, 1.82) is 0 Å². The number of ether oxygens (including phenoxy) is 3. The van der Waals surface area contributed by atoms with E-state index in [0.29, 0.717) is 64.8 Å². The summed E-state index contributed by atoms with van der Waals surface area (Å²) in [5, 5.41) is 7.74. The molecule has 2 amide bonds. The van der Waals surface area contributed by atoms with Crippen molar-refractivity contribution < 1.29 is 23.8 Å². The zero-order valence-electron chi connectivity index (χ0n) is 23.4.